The second kappa shape index (κ2) is 13.1. The van der Waals surface area contributed by atoms with Crippen molar-refractivity contribution >= 4 is 23.7 Å². The minimum atomic E-state index is -2.85. The number of esters is 3. The number of benzene rings is 3. The first kappa shape index (κ1) is 27.3. The fourth-order valence-corrected chi connectivity index (χ4v) is 3.66. The molecule has 2 unspecified atom stereocenters. The number of hydrogen-bond acceptors (Lipinski definition) is 8. The third kappa shape index (κ3) is 7.85. The molecule has 0 heterocycles. The molecule has 0 amide bonds. The second-order valence-electron chi connectivity index (χ2n) is 8.45. The minimum Gasteiger partial charge on any atom is -0.461 e. The van der Waals surface area contributed by atoms with E-state index in [9.17, 15) is 24.3 Å². The number of ketones is 1. The third-order valence-electron chi connectivity index (χ3n) is 5.57. The van der Waals surface area contributed by atoms with Crippen molar-refractivity contribution in [2.24, 2.45) is 5.92 Å². The molecule has 0 aliphatic heterocycles. The SMILES string of the molecule is CC(=O)C(C(=O)OCc1ccccc1)C(O)(CC(=O)OCc1ccccc1)C(=O)OCc1ccccc1. The van der Waals surface area contributed by atoms with Crippen LogP contribution in [0.4, 0.5) is 0 Å². The Balaban J connectivity index is 1.80. The van der Waals surface area contributed by atoms with E-state index in [0.717, 1.165) is 6.92 Å². The fourth-order valence-electron chi connectivity index (χ4n) is 3.66. The number of rotatable bonds is 12. The number of Topliss-reactive ketones (excluding diaryl/α,β-unsaturated/α-hetero) is 1. The van der Waals surface area contributed by atoms with Gasteiger partial charge in [0.2, 0.25) is 0 Å². The average molecular weight is 505 g/mol. The molecule has 0 fully saturated rings. The molecule has 3 rings (SSSR count). The van der Waals surface area contributed by atoms with Gasteiger partial charge in [0.15, 0.2) is 11.5 Å². The molecule has 8 heteroatoms. The molecule has 1 N–H and O–H groups in total. The van der Waals surface area contributed by atoms with E-state index >= 15 is 0 Å². The zero-order valence-electron chi connectivity index (χ0n) is 20.4. The summed E-state index contributed by atoms with van der Waals surface area (Å²) in [6, 6.07) is 26.1. The Bertz CT molecular complexity index is 1190. The van der Waals surface area contributed by atoms with Gasteiger partial charge in [-0.3, -0.25) is 14.4 Å². The molecule has 0 bridgehead atoms. The van der Waals surface area contributed by atoms with Gasteiger partial charge in [-0.25, -0.2) is 4.79 Å². The Hall–Kier alpha value is -4.30. The number of ether oxygens (including phenoxy) is 3. The fraction of sp³-hybridized carbons (Fsp3) is 0.241. The van der Waals surface area contributed by atoms with Gasteiger partial charge in [0.05, 0.1) is 6.42 Å². The smallest absolute Gasteiger partial charge is 0.340 e. The van der Waals surface area contributed by atoms with Crippen molar-refractivity contribution in [1.82, 2.24) is 0 Å². The highest BCUT2D eigenvalue weighted by Gasteiger charge is 2.54. The first-order chi connectivity index (χ1) is 17.8. The van der Waals surface area contributed by atoms with Crippen LogP contribution >= 0.6 is 0 Å². The highest BCUT2D eigenvalue weighted by atomic mass is 16.6. The summed E-state index contributed by atoms with van der Waals surface area (Å²) in [5, 5.41) is 11.4. The standard InChI is InChI=1S/C29H28O8/c1-21(30)26(27(32)36-19-23-13-7-3-8-14-23)29(34,28(33)37-20-24-15-9-4-10-16-24)17-25(31)35-18-22-11-5-2-6-12-22/h2-16,26,34H,17-20H2,1H3. The van der Waals surface area contributed by atoms with Gasteiger partial charge in [-0.1, -0.05) is 91.0 Å². The van der Waals surface area contributed by atoms with Crippen LogP contribution < -0.4 is 0 Å². The molecule has 0 aliphatic rings. The van der Waals surface area contributed by atoms with E-state index < -0.39 is 41.6 Å². The summed E-state index contributed by atoms with van der Waals surface area (Å²) in [4.78, 5) is 51.4. The molecule has 2 atom stereocenters. The highest BCUT2D eigenvalue weighted by Crippen LogP contribution is 2.28. The minimum absolute atomic E-state index is 0.127. The predicted molar refractivity (Wildman–Crippen MR) is 132 cm³/mol. The number of carbonyl (C=O) groups excluding carboxylic acids is 4. The number of aliphatic hydroxyl groups is 1. The maximum atomic E-state index is 13.1. The molecule has 192 valence electrons. The van der Waals surface area contributed by atoms with Crippen molar-refractivity contribution in [3.63, 3.8) is 0 Å². The van der Waals surface area contributed by atoms with Gasteiger partial charge in [0.1, 0.15) is 25.6 Å². The van der Waals surface area contributed by atoms with Gasteiger partial charge < -0.3 is 19.3 Å². The van der Waals surface area contributed by atoms with Crippen LogP contribution in [0.2, 0.25) is 0 Å². The number of hydrogen-bond donors (Lipinski definition) is 1. The Morgan fingerprint density at radius 3 is 1.51 bits per heavy atom. The van der Waals surface area contributed by atoms with E-state index in [1.807, 2.05) is 0 Å². The quantitative estimate of drug-likeness (QED) is 0.226. The second-order valence-corrected chi connectivity index (χ2v) is 8.45. The monoisotopic (exact) mass is 504 g/mol. The lowest BCUT2D eigenvalue weighted by atomic mass is 9.81. The van der Waals surface area contributed by atoms with Crippen molar-refractivity contribution in [2.45, 2.75) is 38.8 Å². The van der Waals surface area contributed by atoms with Gasteiger partial charge in [0.25, 0.3) is 0 Å². The van der Waals surface area contributed by atoms with E-state index in [1.165, 1.54) is 0 Å². The van der Waals surface area contributed by atoms with Gasteiger partial charge in [-0.15, -0.1) is 0 Å². The van der Waals surface area contributed by atoms with Crippen molar-refractivity contribution in [1.29, 1.82) is 0 Å². The van der Waals surface area contributed by atoms with Crippen LogP contribution in [0.25, 0.3) is 0 Å². The molecular formula is C29H28O8. The van der Waals surface area contributed by atoms with Gasteiger partial charge in [-0.05, 0) is 23.6 Å². The first-order valence-electron chi connectivity index (χ1n) is 11.6. The van der Waals surface area contributed by atoms with Crippen molar-refractivity contribution < 1.29 is 38.5 Å². The summed E-state index contributed by atoms with van der Waals surface area (Å²) < 4.78 is 15.7. The van der Waals surface area contributed by atoms with Crippen LogP contribution in [0.1, 0.15) is 30.0 Å². The Morgan fingerprint density at radius 1 is 0.676 bits per heavy atom. The van der Waals surface area contributed by atoms with E-state index in [1.54, 1.807) is 91.0 Å². The molecule has 0 radical (unpaired) electrons. The summed E-state index contributed by atoms with van der Waals surface area (Å²) in [5.41, 5.74) is -0.926. The van der Waals surface area contributed by atoms with E-state index in [-0.39, 0.29) is 19.8 Å². The van der Waals surface area contributed by atoms with E-state index in [2.05, 4.69) is 0 Å². The Morgan fingerprint density at radius 2 is 1.08 bits per heavy atom. The topological polar surface area (TPSA) is 116 Å². The summed E-state index contributed by atoms with van der Waals surface area (Å²) in [5.74, 6) is -6.35. The maximum absolute atomic E-state index is 13.1. The average Bonchev–Trinajstić information content (AvgIpc) is 2.91. The zero-order valence-corrected chi connectivity index (χ0v) is 20.4. The zero-order chi connectivity index (χ0) is 26.7. The van der Waals surface area contributed by atoms with Gasteiger partial charge in [-0.2, -0.15) is 0 Å². The van der Waals surface area contributed by atoms with Crippen LogP contribution in [0, 0.1) is 5.92 Å². The normalized spacial score (nSPS) is 13.0. The van der Waals surface area contributed by atoms with Gasteiger partial charge >= 0.3 is 17.9 Å². The van der Waals surface area contributed by atoms with Gasteiger partial charge in [0, 0.05) is 0 Å². The molecule has 8 nitrogen and oxygen atoms in total. The summed E-state index contributed by atoms with van der Waals surface area (Å²) >= 11 is 0. The van der Waals surface area contributed by atoms with Crippen LogP contribution in [0.3, 0.4) is 0 Å². The largest absolute Gasteiger partial charge is 0.461 e. The predicted octanol–water partition coefficient (Wildman–Crippen LogP) is 3.54. The maximum Gasteiger partial charge on any atom is 0.340 e. The van der Waals surface area contributed by atoms with Crippen LogP contribution in [0.15, 0.2) is 91.0 Å². The third-order valence-corrected chi connectivity index (χ3v) is 5.57. The lowest BCUT2D eigenvalue weighted by Gasteiger charge is -2.30. The molecule has 0 spiro atoms. The van der Waals surface area contributed by atoms with Crippen LogP contribution in [0.5, 0.6) is 0 Å². The highest BCUT2D eigenvalue weighted by molar-refractivity contribution is 6.05. The van der Waals surface area contributed by atoms with Crippen molar-refractivity contribution in [2.75, 3.05) is 0 Å². The first-order valence-corrected chi connectivity index (χ1v) is 11.6. The molecule has 0 aromatic heterocycles. The lowest BCUT2D eigenvalue weighted by molar-refractivity contribution is -0.189. The van der Waals surface area contributed by atoms with Crippen LogP contribution in [-0.2, 0) is 53.2 Å². The molecular weight excluding hydrogens is 476 g/mol. The Labute approximate surface area is 214 Å². The van der Waals surface area contributed by atoms with Crippen molar-refractivity contribution in [3.05, 3.63) is 108 Å². The lowest BCUT2D eigenvalue weighted by Crippen LogP contribution is -2.54. The number of carbonyl (C=O) groups is 4. The Kier molecular flexibility index (Phi) is 9.69. The van der Waals surface area contributed by atoms with E-state index in [4.69, 9.17) is 14.2 Å². The van der Waals surface area contributed by atoms with E-state index in [0.29, 0.717) is 16.7 Å². The molecule has 3 aromatic rings. The molecule has 0 saturated carbocycles. The summed E-state index contributed by atoms with van der Waals surface area (Å²) in [7, 11) is 0. The molecule has 0 saturated heterocycles. The van der Waals surface area contributed by atoms with Crippen molar-refractivity contribution in [3.8, 4) is 0 Å². The molecule has 0 aliphatic carbocycles. The molecule has 37 heavy (non-hydrogen) atoms. The molecule has 3 aromatic carbocycles. The summed E-state index contributed by atoms with van der Waals surface area (Å²) in [6.07, 6.45) is -0.988. The van der Waals surface area contributed by atoms with Crippen LogP contribution in [-0.4, -0.2) is 34.4 Å². The summed E-state index contributed by atoms with van der Waals surface area (Å²) in [6.45, 7) is 0.457.